The second-order valence-electron chi connectivity index (χ2n) is 6.53. The minimum atomic E-state index is -0.687. The van der Waals surface area contributed by atoms with Crippen molar-refractivity contribution in [2.24, 2.45) is 0 Å². The fraction of sp³-hybridized carbons (Fsp3) is 0.227. The summed E-state index contributed by atoms with van der Waals surface area (Å²) in [5.74, 6) is 1.44. The zero-order valence-electron chi connectivity index (χ0n) is 15.3. The Morgan fingerprint density at radius 1 is 1.07 bits per heavy atom. The molecule has 0 radical (unpaired) electrons. The van der Waals surface area contributed by atoms with Crippen LogP contribution in [0, 0.1) is 0 Å². The number of aldehydes is 1. The largest absolute Gasteiger partial charge is 0.491 e. The van der Waals surface area contributed by atoms with Gasteiger partial charge in [0.1, 0.15) is 30.5 Å². The number of aliphatic hydroxyl groups is 1. The first-order chi connectivity index (χ1) is 13.6. The third-order valence-electron chi connectivity index (χ3n) is 4.21. The van der Waals surface area contributed by atoms with Gasteiger partial charge in [0, 0.05) is 23.7 Å². The van der Waals surface area contributed by atoms with Gasteiger partial charge in [0.15, 0.2) is 0 Å². The average molecular weight is 400 g/mol. The Hall–Kier alpha value is -2.60. The molecule has 3 rings (SSSR count). The summed E-state index contributed by atoms with van der Waals surface area (Å²) in [5.41, 5.74) is 1.68. The van der Waals surface area contributed by atoms with Crippen LogP contribution in [0.5, 0.6) is 5.75 Å². The Labute approximate surface area is 169 Å². The van der Waals surface area contributed by atoms with Crippen LogP contribution in [0.3, 0.4) is 0 Å². The van der Waals surface area contributed by atoms with E-state index in [1.165, 1.54) is 0 Å². The van der Waals surface area contributed by atoms with E-state index >= 15 is 0 Å². The molecule has 0 saturated carbocycles. The maximum atomic E-state index is 10.7. The lowest BCUT2D eigenvalue weighted by Gasteiger charge is -2.24. The van der Waals surface area contributed by atoms with E-state index in [0.29, 0.717) is 36.0 Å². The molecule has 3 aromatic rings. The lowest BCUT2D eigenvalue weighted by Crippen LogP contribution is -2.35. The van der Waals surface area contributed by atoms with E-state index < -0.39 is 6.10 Å². The normalized spacial score (nSPS) is 12.1. The van der Waals surface area contributed by atoms with Gasteiger partial charge in [-0.15, -0.1) is 0 Å². The molecule has 28 heavy (non-hydrogen) atoms. The number of benzene rings is 2. The van der Waals surface area contributed by atoms with Gasteiger partial charge in [-0.2, -0.15) is 0 Å². The van der Waals surface area contributed by atoms with Crippen molar-refractivity contribution in [2.45, 2.75) is 19.2 Å². The number of rotatable bonds is 10. The highest BCUT2D eigenvalue weighted by Gasteiger charge is 2.15. The van der Waals surface area contributed by atoms with Gasteiger partial charge in [0.25, 0.3) is 0 Å². The molecule has 146 valence electrons. The van der Waals surface area contributed by atoms with Gasteiger partial charge in [-0.3, -0.25) is 9.69 Å². The first-order valence-corrected chi connectivity index (χ1v) is 9.35. The van der Waals surface area contributed by atoms with Crippen LogP contribution in [-0.2, 0) is 13.1 Å². The van der Waals surface area contributed by atoms with Crippen LogP contribution in [-0.4, -0.2) is 35.5 Å². The van der Waals surface area contributed by atoms with Crippen LogP contribution in [0.15, 0.2) is 71.3 Å². The zero-order valence-corrected chi connectivity index (χ0v) is 16.1. The van der Waals surface area contributed by atoms with Crippen molar-refractivity contribution in [1.82, 2.24) is 4.90 Å². The smallest absolute Gasteiger partial charge is 0.150 e. The molecule has 0 amide bonds. The molecule has 1 heterocycles. The molecular weight excluding hydrogens is 378 g/mol. The number of aliphatic hydroxyl groups excluding tert-OH is 1. The third kappa shape index (κ3) is 6.23. The molecule has 1 unspecified atom stereocenters. The van der Waals surface area contributed by atoms with Crippen LogP contribution in [0.4, 0.5) is 0 Å². The summed E-state index contributed by atoms with van der Waals surface area (Å²) in [5, 5.41) is 11.1. The Balaban J connectivity index is 1.58. The molecule has 0 bridgehead atoms. The molecule has 0 saturated heterocycles. The van der Waals surface area contributed by atoms with Gasteiger partial charge < -0.3 is 14.3 Å². The van der Waals surface area contributed by atoms with Gasteiger partial charge in [-0.25, -0.2) is 0 Å². The van der Waals surface area contributed by atoms with Crippen molar-refractivity contribution in [3.05, 3.63) is 88.8 Å². The van der Waals surface area contributed by atoms with Crippen LogP contribution in [0.25, 0.3) is 0 Å². The standard InChI is InChI=1S/C22H22ClNO4/c23-19-7-3-17(4-8-19)12-24(14-22-2-1-11-27-22)13-20(26)16-28-21-9-5-18(15-25)6-10-21/h1-11,15,20,26H,12-14,16H2. The second kappa shape index (κ2) is 10.1. The van der Waals surface area contributed by atoms with Crippen molar-refractivity contribution in [2.75, 3.05) is 13.2 Å². The number of nitrogens with zero attached hydrogens (tertiary/aromatic N) is 1. The molecule has 6 heteroatoms. The molecule has 5 nitrogen and oxygen atoms in total. The molecule has 1 atom stereocenters. The van der Waals surface area contributed by atoms with E-state index in [2.05, 4.69) is 4.90 Å². The highest BCUT2D eigenvalue weighted by atomic mass is 35.5. The van der Waals surface area contributed by atoms with Gasteiger partial charge >= 0.3 is 0 Å². The maximum absolute atomic E-state index is 10.7. The number of carbonyl (C=O) groups excluding carboxylic acids is 1. The monoisotopic (exact) mass is 399 g/mol. The molecule has 2 aromatic carbocycles. The summed E-state index contributed by atoms with van der Waals surface area (Å²) in [6.07, 6.45) is 1.73. The molecule has 0 aliphatic rings. The van der Waals surface area contributed by atoms with Crippen LogP contribution in [0.1, 0.15) is 21.7 Å². The quantitative estimate of drug-likeness (QED) is 0.518. The van der Waals surface area contributed by atoms with E-state index in [9.17, 15) is 9.90 Å². The van der Waals surface area contributed by atoms with Crippen LogP contribution < -0.4 is 4.74 Å². The van der Waals surface area contributed by atoms with Crippen molar-refractivity contribution in [3.8, 4) is 5.75 Å². The zero-order chi connectivity index (χ0) is 19.8. The Bertz CT molecular complexity index is 847. The summed E-state index contributed by atoms with van der Waals surface area (Å²) >= 11 is 5.96. The van der Waals surface area contributed by atoms with Gasteiger partial charge in [-0.05, 0) is 54.1 Å². The SMILES string of the molecule is O=Cc1ccc(OCC(O)CN(Cc2ccc(Cl)cc2)Cc2ccco2)cc1. The Morgan fingerprint density at radius 3 is 2.46 bits per heavy atom. The predicted molar refractivity (Wildman–Crippen MR) is 108 cm³/mol. The van der Waals surface area contributed by atoms with E-state index in [1.54, 1.807) is 30.5 Å². The minimum Gasteiger partial charge on any atom is -0.491 e. The third-order valence-corrected chi connectivity index (χ3v) is 4.46. The fourth-order valence-electron chi connectivity index (χ4n) is 2.84. The fourth-order valence-corrected chi connectivity index (χ4v) is 2.97. The first kappa shape index (κ1) is 20.1. The Morgan fingerprint density at radius 2 is 1.82 bits per heavy atom. The molecule has 0 aliphatic heterocycles. The molecule has 0 spiro atoms. The minimum absolute atomic E-state index is 0.149. The number of ether oxygens (including phenoxy) is 1. The highest BCUT2D eigenvalue weighted by Crippen LogP contribution is 2.15. The molecule has 1 N–H and O–H groups in total. The molecule has 1 aromatic heterocycles. The van der Waals surface area contributed by atoms with Crippen molar-refractivity contribution >= 4 is 17.9 Å². The molecular formula is C22H22ClNO4. The second-order valence-corrected chi connectivity index (χ2v) is 6.96. The van der Waals surface area contributed by atoms with Crippen LogP contribution >= 0.6 is 11.6 Å². The lowest BCUT2D eigenvalue weighted by molar-refractivity contribution is 0.0604. The summed E-state index contributed by atoms with van der Waals surface area (Å²) in [4.78, 5) is 12.8. The van der Waals surface area contributed by atoms with Gasteiger partial charge in [0.05, 0.1) is 12.8 Å². The lowest BCUT2D eigenvalue weighted by atomic mass is 10.2. The first-order valence-electron chi connectivity index (χ1n) is 8.97. The summed E-state index contributed by atoms with van der Waals surface area (Å²) in [7, 11) is 0. The Kier molecular flexibility index (Phi) is 7.25. The number of hydrogen-bond acceptors (Lipinski definition) is 5. The van der Waals surface area contributed by atoms with Crippen molar-refractivity contribution in [3.63, 3.8) is 0 Å². The topological polar surface area (TPSA) is 62.9 Å². The van der Waals surface area contributed by atoms with Crippen molar-refractivity contribution in [1.29, 1.82) is 0 Å². The van der Waals surface area contributed by atoms with Gasteiger partial charge in [0.2, 0.25) is 0 Å². The number of hydrogen-bond donors (Lipinski definition) is 1. The highest BCUT2D eigenvalue weighted by molar-refractivity contribution is 6.30. The number of carbonyl (C=O) groups is 1. The van der Waals surface area contributed by atoms with Gasteiger partial charge in [-0.1, -0.05) is 23.7 Å². The van der Waals surface area contributed by atoms with E-state index in [4.69, 9.17) is 20.8 Å². The predicted octanol–water partition coefficient (Wildman–Crippen LogP) is 4.19. The summed E-state index contributed by atoms with van der Waals surface area (Å²) in [6, 6.07) is 18.2. The average Bonchev–Trinajstić information content (AvgIpc) is 3.21. The van der Waals surface area contributed by atoms with Crippen LogP contribution in [0.2, 0.25) is 5.02 Å². The number of halogens is 1. The number of furan rings is 1. The van der Waals surface area contributed by atoms with E-state index in [-0.39, 0.29) is 6.61 Å². The molecule has 0 aliphatic carbocycles. The summed E-state index contributed by atoms with van der Waals surface area (Å²) in [6.45, 7) is 1.77. The maximum Gasteiger partial charge on any atom is 0.150 e. The van der Waals surface area contributed by atoms with Crippen molar-refractivity contribution < 1.29 is 19.1 Å². The molecule has 0 fully saturated rings. The van der Waals surface area contributed by atoms with E-state index in [1.807, 2.05) is 36.4 Å². The summed E-state index contributed by atoms with van der Waals surface area (Å²) < 4.78 is 11.1. The van der Waals surface area contributed by atoms with E-state index in [0.717, 1.165) is 17.6 Å².